The first kappa shape index (κ1) is 28.4. The number of ketones is 1. The Labute approximate surface area is 252 Å². The zero-order valence-electron chi connectivity index (χ0n) is 24.9. The molecule has 1 aromatic carbocycles. The fourth-order valence-corrected chi connectivity index (χ4v) is 6.69. The Kier molecular flexibility index (Phi) is 8.05. The molecule has 6 rings (SSSR count). The molecule has 4 heterocycles. The van der Waals surface area contributed by atoms with Gasteiger partial charge in [0, 0.05) is 56.0 Å². The van der Waals surface area contributed by atoms with Crippen LogP contribution in [0.4, 0.5) is 17.5 Å². The lowest BCUT2D eigenvalue weighted by Gasteiger charge is -2.33. The van der Waals surface area contributed by atoms with Crippen molar-refractivity contribution in [3.63, 3.8) is 0 Å². The number of hydrogen-bond acceptors (Lipinski definition) is 9. The Bertz CT molecular complexity index is 1550. The van der Waals surface area contributed by atoms with Crippen molar-refractivity contribution in [2.75, 3.05) is 43.4 Å². The van der Waals surface area contributed by atoms with Gasteiger partial charge in [-0.1, -0.05) is 32.9 Å². The molecule has 0 saturated carbocycles. The maximum absolute atomic E-state index is 13.2. The van der Waals surface area contributed by atoms with Crippen LogP contribution in [0.15, 0.2) is 55.0 Å². The first-order valence-electron chi connectivity index (χ1n) is 14.9. The summed E-state index contributed by atoms with van der Waals surface area (Å²) in [4.78, 5) is 37.1. The van der Waals surface area contributed by atoms with E-state index in [1.807, 2.05) is 18.3 Å². The Balaban J connectivity index is 1.13. The lowest BCUT2D eigenvalue weighted by atomic mass is 9.79. The highest BCUT2D eigenvalue weighted by Crippen LogP contribution is 2.38. The van der Waals surface area contributed by atoms with E-state index in [-0.39, 0.29) is 17.1 Å². The van der Waals surface area contributed by atoms with Crippen molar-refractivity contribution < 1.29 is 4.79 Å². The van der Waals surface area contributed by atoms with Gasteiger partial charge in [0.2, 0.25) is 5.95 Å². The highest BCUT2D eigenvalue weighted by molar-refractivity contribution is 7.13. The normalized spacial score (nSPS) is 17.6. The third kappa shape index (κ3) is 6.37. The molecule has 0 bridgehead atoms. The van der Waals surface area contributed by atoms with Crippen LogP contribution in [-0.4, -0.2) is 63.8 Å². The Morgan fingerprint density at radius 2 is 1.86 bits per heavy atom. The van der Waals surface area contributed by atoms with Crippen molar-refractivity contribution in [2.45, 2.75) is 57.8 Å². The fraction of sp³-hybridized carbons (Fsp3) is 0.424. The van der Waals surface area contributed by atoms with Gasteiger partial charge in [-0.05, 0) is 67.6 Å². The lowest BCUT2D eigenvalue weighted by molar-refractivity contribution is 0.0974. The fourth-order valence-electron chi connectivity index (χ4n) is 5.77. The number of fused-ring (bicyclic) bond motifs is 1. The van der Waals surface area contributed by atoms with Crippen molar-refractivity contribution in [1.82, 2.24) is 24.8 Å². The minimum absolute atomic E-state index is 0.0425. The summed E-state index contributed by atoms with van der Waals surface area (Å²) in [7, 11) is 2.16. The predicted molar refractivity (Wildman–Crippen MR) is 170 cm³/mol. The Morgan fingerprint density at radius 1 is 1.02 bits per heavy atom. The van der Waals surface area contributed by atoms with Crippen molar-refractivity contribution >= 4 is 34.6 Å². The molecule has 4 aromatic rings. The molecule has 2 aliphatic rings. The second kappa shape index (κ2) is 11.9. The number of nitrogens with zero attached hydrogens (tertiary/aromatic N) is 6. The molecule has 218 valence electrons. The van der Waals surface area contributed by atoms with Crippen molar-refractivity contribution in [3.05, 3.63) is 76.0 Å². The highest BCUT2D eigenvalue weighted by atomic mass is 32.1. The van der Waals surface area contributed by atoms with Gasteiger partial charge in [0.1, 0.15) is 5.82 Å². The standard InChI is InChI=1S/C33H39N7OS/c1-33(2,3)31-36-21-29(42-31)28(41)19-23-7-5-6-22-18-24(8-10-26(22)23)27-12-13-34-32(37-27)38-30-11-9-25(20-35-30)40-16-14-39(4)15-17-40/h8-13,18,20-21,23H,5-7,14-17,19H2,1-4H3,(H,34,35,37,38). The van der Waals surface area contributed by atoms with Crippen LogP contribution in [0.25, 0.3) is 11.3 Å². The molecule has 1 aliphatic carbocycles. The number of aryl methyl sites for hydroxylation is 1. The summed E-state index contributed by atoms with van der Waals surface area (Å²) in [6.45, 7) is 10.6. The average Bonchev–Trinajstić information content (AvgIpc) is 3.50. The van der Waals surface area contributed by atoms with Crippen molar-refractivity contribution in [2.24, 2.45) is 0 Å². The molecule has 8 nitrogen and oxygen atoms in total. The number of Topliss-reactive ketones (excluding diaryl/α,β-unsaturated/α-hetero) is 1. The molecule has 1 saturated heterocycles. The molecule has 1 aliphatic heterocycles. The number of aromatic nitrogens is 4. The number of anilines is 3. The summed E-state index contributed by atoms with van der Waals surface area (Å²) in [6.07, 6.45) is 9.12. The van der Waals surface area contributed by atoms with E-state index >= 15 is 0 Å². The molecule has 9 heteroatoms. The third-order valence-corrected chi connectivity index (χ3v) is 9.71. The molecule has 3 aromatic heterocycles. The second-order valence-corrected chi connectivity index (χ2v) is 13.5. The predicted octanol–water partition coefficient (Wildman–Crippen LogP) is 6.48. The molecule has 1 unspecified atom stereocenters. The van der Waals surface area contributed by atoms with Gasteiger partial charge in [0.15, 0.2) is 5.78 Å². The first-order valence-corrected chi connectivity index (χ1v) is 15.7. The van der Waals surface area contributed by atoms with Crippen LogP contribution in [0.2, 0.25) is 0 Å². The van der Waals surface area contributed by atoms with Gasteiger partial charge < -0.3 is 15.1 Å². The summed E-state index contributed by atoms with van der Waals surface area (Å²) in [5.74, 6) is 1.67. The number of pyridine rings is 1. The zero-order valence-corrected chi connectivity index (χ0v) is 25.7. The van der Waals surface area contributed by atoms with Crippen LogP contribution in [0.5, 0.6) is 0 Å². The van der Waals surface area contributed by atoms with E-state index in [0.717, 1.165) is 78.1 Å². The maximum Gasteiger partial charge on any atom is 0.228 e. The monoisotopic (exact) mass is 581 g/mol. The van der Waals surface area contributed by atoms with Crippen LogP contribution >= 0.6 is 11.3 Å². The van der Waals surface area contributed by atoms with E-state index in [0.29, 0.717) is 12.4 Å². The molecule has 42 heavy (non-hydrogen) atoms. The summed E-state index contributed by atoms with van der Waals surface area (Å²) < 4.78 is 0. The molecule has 1 N–H and O–H groups in total. The number of rotatable bonds is 7. The Hall–Kier alpha value is -3.69. The topological polar surface area (TPSA) is 87.1 Å². The summed E-state index contributed by atoms with van der Waals surface area (Å²) >= 11 is 1.54. The molecule has 0 spiro atoms. The van der Waals surface area contributed by atoms with Gasteiger partial charge in [0.05, 0.1) is 27.5 Å². The van der Waals surface area contributed by atoms with E-state index < -0.39 is 0 Å². The van der Waals surface area contributed by atoms with Crippen LogP contribution in [0, 0.1) is 0 Å². The number of benzene rings is 1. The molecule has 1 atom stereocenters. The van der Waals surface area contributed by atoms with E-state index in [2.05, 4.69) is 82.2 Å². The smallest absolute Gasteiger partial charge is 0.228 e. The van der Waals surface area contributed by atoms with Gasteiger partial charge >= 0.3 is 0 Å². The molecular weight excluding hydrogens is 542 g/mol. The number of likely N-dealkylation sites (N-methyl/N-ethyl adjacent to an activating group) is 1. The van der Waals surface area contributed by atoms with E-state index in [1.165, 1.54) is 22.5 Å². The lowest BCUT2D eigenvalue weighted by Crippen LogP contribution is -2.44. The van der Waals surface area contributed by atoms with E-state index in [1.54, 1.807) is 12.4 Å². The summed E-state index contributed by atoms with van der Waals surface area (Å²) in [5.41, 5.74) is 5.61. The maximum atomic E-state index is 13.2. The SMILES string of the molecule is CN1CCN(c2ccc(Nc3nccc(-c4ccc5c(c4)CCCC5CC(=O)c4cnc(C(C)(C)C)s4)n3)nc2)CC1. The summed E-state index contributed by atoms with van der Waals surface area (Å²) in [5, 5.41) is 4.28. The number of thiazole rings is 1. The molecule has 0 radical (unpaired) electrons. The van der Waals surface area contributed by atoms with Crippen LogP contribution < -0.4 is 10.2 Å². The minimum atomic E-state index is -0.0425. The first-order chi connectivity index (χ1) is 20.2. The van der Waals surface area contributed by atoms with Gasteiger partial charge in [0.25, 0.3) is 0 Å². The molecule has 1 fully saturated rings. The third-order valence-electron chi connectivity index (χ3n) is 8.24. The Morgan fingerprint density at radius 3 is 2.60 bits per heavy atom. The highest BCUT2D eigenvalue weighted by Gasteiger charge is 2.26. The van der Waals surface area contributed by atoms with Crippen LogP contribution in [0.1, 0.15) is 71.8 Å². The van der Waals surface area contributed by atoms with Gasteiger partial charge in [-0.25, -0.2) is 19.9 Å². The zero-order chi connectivity index (χ0) is 29.3. The van der Waals surface area contributed by atoms with Gasteiger partial charge in [-0.2, -0.15) is 0 Å². The molecule has 0 amide bonds. The molecular formula is C33H39N7OS. The quantitative estimate of drug-likeness (QED) is 0.248. The number of carbonyl (C=O) groups is 1. The van der Waals surface area contributed by atoms with Crippen LogP contribution in [-0.2, 0) is 11.8 Å². The van der Waals surface area contributed by atoms with Gasteiger partial charge in [-0.3, -0.25) is 4.79 Å². The summed E-state index contributed by atoms with van der Waals surface area (Å²) in [6, 6.07) is 12.6. The van der Waals surface area contributed by atoms with Gasteiger partial charge in [-0.15, -0.1) is 11.3 Å². The number of piperazine rings is 1. The van der Waals surface area contributed by atoms with Crippen molar-refractivity contribution in [1.29, 1.82) is 0 Å². The largest absolute Gasteiger partial charge is 0.368 e. The average molecular weight is 582 g/mol. The van der Waals surface area contributed by atoms with E-state index in [4.69, 9.17) is 4.98 Å². The number of nitrogens with one attached hydrogen (secondary N) is 1. The van der Waals surface area contributed by atoms with Crippen LogP contribution in [0.3, 0.4) is 0 Å². The second-order valence-electron chi connectivity index (χ2n) is 12.5. The number of carbonyl (C=O) groups excluding carboxylic acids is 1. The number of hydrogen-bond donors (Lipinski definition) is 1. The van der Waals surface area contributed by atoms with Crippen molar-refractivity contribution in [3.8, 4) is 11.3 Å². The minimum Gasteiger partial charge on any atom is -0.368 e. The van der Waals surface area contributed by atoms with E-state index in [9.17, 15) is 4.79 Å².